The summed E-state index contributed by atoms with van der Waals surface area (Å²) in [6.45, 7) is 4.19. The summed E-state index contributed by atoms with van der Waals surface area (Å²) in [4.78, 5) is 12.8. The molecule has 0 radical (unpaired) electrons. The van der Waals surface area contributed by atoms with Gasteiger partial charge in [-0.15, -0.1) is 34.2 Å². The van der Waals surface area contributed by atoms with Crippen LogP contribution in [0.15, 0.2) is 40.2 Å². The Hall–Kier alpha value is -2.57. The Balaban J connectivity index is 0.00000280. The highest BCUT2D eigenvalue weighted by Gasteiger charge is 2.09. The smallest absolute Gasteiger partial charge is 0.276 e. The van der Waals surface area contributed by atoms with E-state index in [1.165, 1.54) is 0 Å². The normalized spacial score (nSPS) is 11.1. The maximum Gasteiger partial charge on any atom is 0.276 e. The zero-order chi connectivity index (χ0) is 18.9. The Bertz CT molecular complexity index is 862. The minimum absolute atomic E-state index is 0. The third-order valence-electron chi connectivity index (χ3n) is 3.87. The molecule has 11 heteroatoms. The van der Waals surface area contributed by atoms with Crippen LogP contribution in [0.1, 0.15) is 18.6 Å². The van der Waals surface area contributed by atoms with E-state index in [1.807, 2.05) is 22.8 Å². The number of aryl methyl sites for hydroxylation is 1. The fourth-order valence-electron chi connectivity index (χ4n) is 2.50. The molecule has 3 aromatic heterocycles. The highest BCUT2D eigenvalue weighted by Crippen LogP contribution is 2.13. The number of rotatable bonds is 8. The van der Waals surface area contributed by atoms with Gasteiger partial charge in [0.1, 0.15) is 17.8 Å². The molecule has 0 aromatic carbocycles. The average molecular weight is 497 g/mol. The molecule has 2 N–H and O–H groups in total. The topological polar surface area (TPSA) is 119 Å². The predicted molar refractivity (Wildman–Crippen MR) is 115 cm³/mol. The largest absolute Gasteiger partial charge is 0.356 e. The molecule has 0 saturated carbocycles. The van der Waals surface area contributed by atoms with Crippen molar-refractivity contribution in [2.75, 3.05) is 20.1 Å². The van der Waals surface area contributed by atoms with E-state index in [-0.39, 0.29) is 24.0 Å². The summed E-state index contributed by atoms with van der Waals surface area (Å²) < 4.78 is 7.28. The van der Waals surface area contributed by atoms with Gasteiger partial charge in [0.25, 0.3) is 5.89 Å². The lowest BCUT2D eigenvalue weighted by Crippen LogP contribution is -2.39. The van der Waals surface area contributed by atoms with E-state index in [0.29, 0.717) is 30.4 Å². The number of nitrogens with one attached hydrogen (secondary N) is 2. The third-order valence-corrected chi connectivity index (χ3v) is 3.87. The van der Waals surface area contributed by atoms with Crippen molar-refractivity contribution >= 4 is 29.9 Å². The number of halogens is 1. The second-order valence-electron chi connectivity index (χ2n) is 5.70. The van der Waals surface area contributed by atoms with E-state index in [1.54, 1.807) is 19.6 Å². The number of hydrogen-bond donors (Lipinski definition) is 2. The quantitative estimate of drug-likeness (QED) is 0.272. The van der Waals surface area contributed by atoms with Crippen LogP contribution in [0, 0.1) is 0 Å². The minimum atomic E-state index is 0. The van der Waals surface area contributed by atoms with Crippen molar-refractivity contribution in [3.63, 3.8) is 0 Å². The van der Waals surface area contributed by atoms with Gasteiger partial charge < -0.3 is 19.7 Å². The number of nitrogens with zero attached hydrogens (tertiary/aromatic N) is 7. The number of hydrogen-bond acceptors (Lipinski definition) is 7. The van der Waals surface area contributed by atoms with Crippen LogP contribution in [-0.2, 0) is 19.4 Å². The van der Waals surface area contributed by atoms with Crippen molar-refractivity contribution < 1.29 is 4.52 Å². The van der Waals surface area contributed by atoms with E-state index >= 15 is 0 Å². The highest BCUT2D eigenvalue weighted by molar-refractivity contribution is 14.0. The Labute approximate surface area is 180 Å². The van der Waals surface area contributed by atoms with Crippen LogP contribution < -0.4 is 10.6 Å². The first kappa shape index (κ1) is 21.7. The molecule has 150 valence electrons. The average Bonchev–Trinajstić information content (AvgIpc) is 3.36. The number of guanidine groups is 1. The van der Waals surface area contributed by atoms with Gasteiger partial charge in [-0.2, -0.15) is 4.98 Å². The van der Waals surface area contributed by atoms with Crippen molar-refractivity contribution in [1.82, 2.24) is 40.5 Å². The SMILES string of the molecule is CCc1nncn1CCNC(=NC)NCCc1noc(-c2ccccn2)n1.I. The predicted octanol–water partition coefficient (Wildman–Crippen LogP) is 1.31. The third kappa shape index (κ3) is 5.97. The molecular weight excluding hydrogens is 473 g/mol. The van der Waals surface area contributed by atoms with Crippen LogP contribution in [0.25, 0.3) is 11.6 Å². The molecule has 0 bridgehead atoms. The van der Waals surface area contributed by atoms with E-state index in [4.69, 9.17) is 4.52 Å². The molecule has 0 aliphatic rings. The van der Waals surface area contributed by atoms with Crippen LogP contribution in [0.3, 0.4) is 0 Å². The molecular formula is C17H24IN9O. The van der Waals surface area contributed by atoms with Gasteiger partial charge in [0.15, 0.2) is 11.8 Å². The molecule has 0 spiro atoms. The second kappa shape index (κ2) is 11.3. The van der Waals surface area contributed by atoms with Crippen molar-refractivity contribution in [2.24, 2.45) is 4.99 Å². The fourth-order valence-corrected chi connectivity index (χ4v) is 2.50. The number of pyridine rings is 1. The molecule has 3 heterocycles. The highest BCUT2D eigenvalue weighted by atomic mass is 127. The molecule has 0 unspecified atom stereocenters. The fraction of sp³-hybridized carbons (Fsp3) is 0.412. The Morgan fingerprint density at radius 1 is 1.25 bits per heavy atom. The molecule has 0 aliphatic heterocycles. The van der Waals surface area contributed by atoms with E-state index < -0.39 is 0 Å². The van der Waals surface area contributed by atoms with Crippen LogP contribution in [0.4, 0.5) is 0 Å². The molecule has 0 fully saturated rings. The van der Waals surface area contributed by atoms with Crippen LogP contribution in [0.5, 0.6) is 0 Å². The van der Waals surface area contributed by atoms with Gasteiger partial charge in [-0.3, -0.25) is 9.98 Å². The first-order chi connectivity index (χ1) is 13.3. The summed E-state index contributed by atoms with van der Waals surface area (Å²) in [5.74, 6) is 2.74. The van der Waals surface area contributed by atoms with Gasteiger partial charge in [0, 0.05) is 45.7 Å². The Kier molecular flexibility index (Phi) is 8.78. The molecule has 3 aromatic rings. The van der Waals surface area contributed by atoms with Gasteiger partial charge >= 0.3 is 0 Å². The summed E-state index contributed by atoms with van der Waals surface area (Å²) in [7, 11) is 1.74. The van der Waals surface area contributed by atoms with Crippen molar-refractivity contribution in [3.8, 4) is 11.6 Å². The minimum Gasteiger partial charge on any atom is -0.356 e. The maximum absolute atomic E-state index is 5.25. The number of aliphatic imine (C=N–C) groups is 1. The summed E-state index contributed by atoms with van der Waals surface area (Å²) in [6.07, 6.45) is 4.91. The lowest BCUT2D eigenvalue weighted by Gasteiger charge is -2.12. The monoisotopic (exact) mass is 497 g/mol. The van der Waals surface area contributed by atoms with Gasteiger partial charge in [-0.1, -0.05) is 18.1 Å². The lowest BCUT2D eigenvalue weighted by atomic mass is 10.3. The molecule has 0 amide bonds. The van der Waals surface area contributed by atoms with Gasteiger partial charge in [-0.25, -0.2) is 0 Å². The van der Waals surface area contributed by atoms with Crippen molar-refractivity contribution in [1.29, 1.82) is 0 Å². The van der Waals surface area contributed by atoms with Crippen molar-refractivity contribution in [2.45, 2.75) is 26.3 Å². The van der Waals surface area contributed by atoms with E-state index in [9.17, 15) is 0 Å². The second-order valence-corrected chi connectivity index (χ2v) is 5.70. The summed E-state index contributed by atoms with van der Waals surface area (Å²) in [5.41, 5.74) is 0.669. The van der Waals surface area contributed by atoms with Gasteiger partial charge in [-0.05, 0) is 12.1 Å². The summed E-state index contributed by atoms with van der Waals surface area (Å²) >= 11 is 0. The molecule has 0 atom stereocenters. The van der Waals surface area contributed by atoms with E-state index in [0.717, 1.165) is 31.3 Å². The molecule has 0 saturated heterocycles. The zero-order valence-corrected chi connectivity index (χ0v) is 18.2. The van der Waals surface area contributed by atoms with Crippen LogP contribution >= 0.6 is 24.0 Å². The van der Waals surface area contributed by atoms with Crippen LogP contribution in [-0.4, -0.2) is 56.0 Å². The molecule has 0 aliphatic carbocycles. The van der Waals surface area contributed by atoms with E-state index in [2.05, 4.69) is 47.9 Å². The first-order valence-electron chi connectivity index (χ1n) is 8.85. The van der Waals surface area contributed by atoms with Crippen LogP contribution in [0.2, 0.25) is 0 Å². The Morgan fingerprint density at radius 3 is 2.86 bits per heavy atom. The lowest BCUT2D eigenvalue weighted by molar-refractivity contribution is 0.421. The maximum atomic E-state index is 5.25. The zero-order valence-electron chi connectivity index (χ0n) is 15.9. The Morgan fingerprint density at radius 2 is 2.11 bits per heavy atom. The summed E-state index contributed by atoms with van der Waals surface area (Å²) in [6, 6.07) is 5.56. The van der Waals surface area contributed by atoms with Gasteiger partial charge in [0.05, 0.1) is 0 Å². The standard InChI is InChI=1S/C17H23N9O.HI/c1-3-15-24-22-12-26(15)11-10-21-17(18-2)20-9-7-14-23-16(27-25-14)13-6-4-5-8-19-13;/h4-6,8,12H,3,7,9-11H2,1-2H3,(H2,18,20,21);1H. The first-order valence-corrected chi connectivity index (χ1v) is 8.85. The molecule has 28 heavy (non-hydrogen) atoms. The number of aromatic nitrogens is 6. The molecule has 10 nitrogen and oxygen atoms in total. The summed E-state index contributed by atoms with van der Waals surface area (Å²) in [5, 5.41) is 18.5. The van der Waals surface area contributed by atoms with Gasteiger partial charge in [0.2, 0.25) is 0 Å². The van der Waals surface area contributed by atoms with Crippen molar-refractivity contribution in [3.05, 3.63) is 42.4 Å². The molecule has 3 rings (SSSR count).